The number of rotatable bonds is 7. The van der Waals surface area contributed by atoms with Gasteiger partial charge >= 0.3 is 0 Å². The summed E-state index contributed by atoms with van der Waals surface area (Å²) in [6.07, 6.45) is 3.00. The first-order chi connectivity index (χ1) is 10.0. The lowest BCUT2D eigenvalue weighted by molar-refractivity contribution is 0.220. The second kappa shape index (κ2) is 7.69. The molecule has 1 aliphatic rings. The maximum Gasteiger partial charge on any atom is 0.250 e. The van der Waals surface area contributed by atoms with Crippen LogP contribution < -0.4 is 10.0 Å². The summed E-state index contributed by atoms with van der Waals surface area (Å²) in [4.78, 5) is 3.39. The number of likely N-dealkylation sites (N-methyl/N-ethyl adjacent to an activating group) is 1. The van der Waals surface area contributed by atoms with Gasteiger partial charge in [-0.2, -0.15) is 0 Å². The summed E-state index contributed by atoms with van der Waals surface area (Å²) in [7, 11) is 0.664. The molecule has 0 aromatic carbocycles. The maximum atomic E-state index is 12.3. The number of sulfonamides is 1. The third-order valence-electron chi connectivity index (χ3n) is 3.92. The van der Waals surface area contributed by atoms with E-state index in [1.807, 2.05) is 13.1 Å². The molecule has 1 aliphatic heterocycles. The van der Waals surface area contributed by atoms with E-state index in [2.05, 4.69) is 22.0 Å². The summed E-state index contributed by atoms with van der Waals surface area (Å²) < 4.78 is 27.8. The summed E-state index contributed by atoms with van der Waals surface area (Å²) in [5.41, 5.74) is 0. The Labute approximate surface area is 131 Å². The van der Waals surface area contributed by atoms with Gasteiger partial charge in [0.2, 0.25) is 10.0 Å². The predicted octanol–water partition coefficient (Wildman–Crippen LogP) is 1.13. The molecule has 0 amide bonds. The molecular formula is C14H25N3O2S2. The van der Waals surface area contributed by atoms with E-state index in [-0.39, 0.29) is 0 Å². The number of piperidine rings is 1. The average Bonchev–Trinajstić information content (AvgIpc) is 2.94. The van der Waals surface area contributed by atoms with Gasteiger partial charge in [-0.05, 0) is 71.0 Å². The van der Waals surface area contributed by atoms with Gasteiger partial charge in [0.1, 0.15) is 4.21 Å². The summed E-state index contributed by atoms with van der Waals surface area (Å²) in [5, 5.41) is 3.07. The van der Waals surface area contributed by atoms with Crippen LogP contribution in [0.2, 0.25) is 0 Å². The largest absolute Gasteiger partial charge is 0.319 e. The highest BCUT2D eigenvalue weighted by atomic mass is 32.2. The maximum absolute atomic E-state index is 12.3. The van der Waals surface area contributed by atoms with Crippen molar-refractivity contribution in [3.63, 3.8) is 0 Å². The lowest BCUT2D eigenvalue weighted by Crippen LogP contribution is -2.36. The molecule has 1 aromatic rings. The second-order valence-electron chi connectivity index (χ2n) is 5.67. The Hall–Kier alpha value is -0.470. The van der Waals surface area contributed by atoms with E-state index in [1.54, 1.807) is 6.07 Å². The molecule has 0 bridgehead atoms. The molecule has 1 aromatic heterocycles. The molecule has 1 saturated heterocycles. The Bertz CT molecular complexity index is 534. The number of hydrogen-bond acceptors (Lipinski definition) is 5. The van der Waals surface area contributed by atoms with Crippen molar-refractivity contribution in [2.45, 2.75) is 23.5 Å². The zero-order valence-corrected chi connectivity index (χ0v) is 14.4. The number of thiophene rings is 1. The molecule has 0 spiro atoms. The van der Waals surface area contributed by atoms with Crippen LogP contribution >= 0.6 is 11.3 Å². The van der Waals surface area contributed by atoms with Gasteiger partial charge in [0.15, 0.2) is 0 Å². The van der Waals surface area contributed by atoms with E-state index in [1.165, 1.54) is 11.3 Å². The van der Waals surface area contributed by atoms with Crippen molar-refractivity contribution in [2.24, 2.45) is 5.92 Å². The molecule has 0 unspecified atom stereocenters. The molecule has 0 saturated carbocycles. The van der Waals surface area contributed by atoms with Crippen LogP contribution in [0.1, 0.15) is 17.7 Å². The van der Waals surface area contributed by atoms with Crippen LogP contribution in [0.3, 0.4) is 0 Å². The molecule has 21 heavy (non-hydrogen) atoms. The molecule has 2 rings (SSSR count). The predicted molar refractivity (Wildman–Crippen MR) is 87.4 cm³/mol. The van der Waals surface area contributed by atoms with Crippen molar-refractivity contribution in [2.75, 3.05) is 40.3 Å². The van der Waals surface area contributed by atoms with Gasteiger partial charge in [0, 0.05) is 11.4 Å². The van der Waals surface area contributed by atoms with Crippen LogP contribution in [-0.2, 0) is 16.4 Å². The SMILES string of the molecule is CNCCc1ccc(S(=O)(=O)NCC2CCN(C)CC2)s1. The number of nitrogens with one attached hydrogen (secondary N) is 2. The Morgan fingerprint density at radius 1 is 1.33 bits per heavy atom. The highest BCUT2D eigenvalue weighted by Crippen LogP contribution is 2.22. The van der Waals surface area contributed by atoms with Gasteiger partial charge < -0.3 is 10.2 Å². The minimum absolute atomic E-state index is 0.432. The molecule has 0 aliphatic carbocycles. The Morgan fingerprint density at radius 2 is 2.05 bits per heavy atom. The molecule has 5 nitrogen and oxygen atoms in total. The van der Waals surface area contributed by atoms with Crippen LogP contribution in [0.25, 0.3) is 0 Å². The first-order valence-corrected chi connectivity index (χ1v) is 9.73. The van der Waals surface area contributed by atoms with Gasteiger partial charge in [0.05, 0.1) is 0 Å². The van der Waals surface area contributed by atoms with Crippen molar-refractivity contribution < 1.29 is 8.42 Å². The lowest BCUT2D eigenvalue weighted by Gasteiger charge is -2.28. The van der Waals surface area contributed by atoms with Crippen LogP contribution in [0, 0.1) is 5.92 Å². The van der Waals surface area contributed by atoms with Crippen LogP contribution in [0.5, 0.6) is 0 Å². The van der Waals surface area contributed by atoms with Gasteiger partial charge in [-0.25, -0.2) is 13.1 Å². The molecule has 120 valence electrons. The molecule has 1 fully saturated rings. The average molecular weight is 332 g/mol. The van der Waals surface area contributed by atoms with Crippen molar-refractivity contribution in [3.8, 4) is 0 Å². The Kier molecular flexibility index (Phi) is 6.19. The van der Waals surface area contributed by atoms with Crippen molar-refractivity contribution >= 4 is 21.4 Å². The van der Waals surface area contributed by atoms with Crippen molar-refractivity contribution in [3.05, 3.63) is 17.0 Å². The van der Waals surface area contributed by atoms with Gasteiger partial charge in [0.25, 0.3) is 0 Å². The van der Waals surface area contributed by atoms with Crippen LogP contribution in [-0.4, -0.2) is 53.6 Å². The Morgan fingerprint density at radius 3 is 2.71 bits per heavy atom. The van der Waals surface area contributed by atoms with Gasteiger partial charge in [-0.3, -0.25) is 0 Å². The zero-order chi connectivity index (χ0) is 15.3. The van der Waals surface area contributed by atoms with E-state index in [4.69, 9.17) is 0 Å². The summed E-state index contributed by atoms with van der Waals surface area (Å²) >= 11 is 1.37. The van der Waals surface area contributed by atoms with Gasteiger partial charge in [-0.15, -0.1) is 11.3 Å². The molecule has 0 atom stereocenters. The van der Waals surface area contributed by atoms with Crippen LogP contribution in [0.4, 0.5) is 0 Å². The quantitative estimate of drug-likeness (QED) is 0.786. The lowest BCUT2D eigenvalue weighted by atomic mass is 9.98. The first-order valence-electron chi connectivity index (χ1n) is 7.43. The minimum atomic E-state index is -3.34. The highest BCUT2D eigenvalue weighted by Gasteiger charge is 2.21. The zero-order valence-electron chi connectivity index (χ0n) is 12.8. The smallest absolute Gasteiger partial charge is 0.250 e. The number of likely N-dealkylation sites (tertiary alicyclic amines) is 1. The molecular weight excluding hydrogens is 306 g/mol. The number of nitrogens with zero attached hydrogens (tertiary/aromatic N) is 1. The van der Waals surface area contributed by atoms with Crippen LogP contribution in [0.15, 0.2) is 16.3 Å². The monoisotopic (exact) mass is 331 g/mol. The summed E-state index contributed by atoms with van der Waals surface area (Å²) in [5.74, 6) is 0.458. The minimum Gasteiger partial charge on any atom is -0.319 e. The fourth-order valence-corrected chi connectivity index (χ4v) is 4.97. The standard InChI is InChI=1S/C14H25N3O2S2/c1-15-8-5-13-3-4-14(20-13)21(18,19)16-11-12-6-9-17(2)10-7-12/h3-4,12,15-16H,5-11H2,1-2H3. The molecule has 0 radical (unpaired) electrons. The third-order valence-corrected chi connectivity index (χ3v) is 6.98. The Balaban J connectivity index is 1.87. The van der Waals surface area contributed by atoms with Gasteiger partial charge in [-0.1, -0.05) is 0 Å². The van der Waals surface area contributed by atoms with E-state index >= 15 is 0 Å². The highest BCUT2D eigenvalue weighted by molar-refractivity contribution is 7.91. The normalized spacial score (nSPS) is 18.2. The molecule has 7 heteroatoms. The second-order valence-corrected chi connectivity index (χ2v) is 8.83. The third kappa shape index (κ3) is 5.03. The van der Waals surface area contributed by atoms with Crippen molar-refractivity contribution in [1.82, 2.24) is 14.9 Å². The molecule has 2 heterocycles. The van der Waals surface area contributed by atoms with E-state index in [0.717, 1.165) is 43.8 Å². The fourth-order valence-electron chi connectivity index (χ4n) is 2.45. The summed E-state index contributed by atoms with van der Waals surface area (Å²) in [6.45, 7) is 3.53. The fraction of sp³-hybridized carbons (Fsp3) is 0.714. The van der Waals surface area contributed by atoms with Crippen molar-refractivity contribution in [1.29, 1.82) is 0 Å². The van der Waals surface area contributed by atoms with E-state index in [0.29, 0.717) is 16.7 Å². The van der Waals surface area contributed by atoms with E-state index in [9.17, 15) is 8.42 Å². The summed E-state index contributed by atoms with van der Waals surface area (Å²) in [6, 6.07) is 3.62. The topological polar surface area (TPSA) is 61.4 Å². The number of hydrogen-bond donors (Lipinski definition) is 2. The molecule has 2 N–H and O–H groups in total. The first kappa shape index (κ1) is 16.9. The van der Waals surface area contributed by atoms with E-state index < -0.39 is 10.0 Å².